The number of nitrogens with zero attached hydrogens (tertiary/aromatic N) is 5. The first-order valence-electron chi connectivity index (χ1n) is 10.5. The number of piperazine rings is 1. The molecule has 0 aliphatic carbocycles. The molecule has 32 heavy (non-hydrogen) atoms. The van der Waals surface area contributed by atoms with Gasteiger partial charge in [0.1, 0.15) is 11.4 Å². The van der Waals surface area contributed by atoms with E-state index in [-0.39, 0.29) is 12.7 Å². The van der Waals surface area contributed by atoms with Crippen molar-refractivity contribution < 1.29 is 19.0 Å². The second kappa shape index (κ2) is 8.70. The molecule has 9 nitrogen and oxygen atoms in total. The number of hydrogen-bond acceptors (Lipinski definition) is 8. The van der Waals surface area contributed by atoms with Gasteiger partial charge in [0.05, 0.1) is 5.69 Å². The zero-order chi connectivity index (χ0) is 21.9. The highest BCUT2D eigenvalue weighted by molar-refractivity contribution is 5.81. The SMILES string of the molecule is CC(Oc1ccc2c(c1)OCO2)C(=O)N1CCN(c2ccc(-c3ccccn3)nn2)CC1. The Kier molecular flexibility index (Phi) is 5.45. The molecule has 1 atom stereocenters. The average molecular weight is 433 g/mol. The normalized spacial score (nSPS) is 16.0. The largest absolute Gasteiger partial charge is 0.481 e. The molecule has 0 spiro atoms. The van der Waals surface area contributed by atoms with E-state index in [2.05, 4.69) is 20.1 Å². The Bertz CT molecular complexity index is 1090. The number of carbonyl (C=O) groups is 1. The number of ether oxygens (including phenoxy) is 3. The first-order valence-corrected chi connectivity index (χ1v) is 10.5. The number of amides is 1. The predicted octanol–water partition coefficient (Wildman–Crippen LogP) is 2.38. The number of aromatic nitrogens is 3. The van der Waals surface area contributed by atoms with Crippen molar-refractivity contribution in [2.45, 2.75) is 13.0 Å². The summed E-state index contributed by atoms with van der Waals surface area (Å²) in [6, 6.07) is 14.9. The Labute approximate surface area is 185 Å². The topological polar surface area (TPSA) is 89.9 Å². The van der Waals surface area contributed by atoms with Gasteiger partial charge in [-0.2, -0.15) is 0 Å². The van der Waals surface area contributed by atoms with Crippen molar-refractivity contribution in [1.82, 2.24) is 20.1 Å². The number of carbonyl (C=O) groups excluding carboxylic acids is 1. The molecule has 0 bridgehead atoms. The van der Waals surface area contributed by atoms with Crippen LogP contribution in [0.3, 0.4) is 0 Å². The summed E-state index contributed by atoms with van der Waals surface area (Å²) >= 11 is 0. The van der Waals surface area contributed by atoms with Gasteiger partial charge in [-0.1, -0.05) is 6.07 Å². The van der Waals surface area contributed by atoms with Gasteiger partial charge in [0.15, 0.2) is 23.4 Å². The third kappa shape index (κ3) is 4.14. The van der Waals surface area contributed by atoms with E-state index in [1.54, 1.807) is 31.3 Å². The van der Waals surface area contributed by atoms with Crippen molar-refractivity contribution in [3.8, 4) is 28.6 Å². The second-order valence-electron chi connectivity index (χ2n) is 7.58. The third-order valence-corrected chi connectivity index (χ3v) is 5.50. The number of pyridine rings is 1. The lowest BCUT2D eigenvalue weighted by atomic mass is 10.2. The van der Waals surface area contributed by atoms with Crippen LogP contribution in [0.4, 0.5) is 5.82 Å². The number of hydrogen-bond donors (Lipinski definition) is 0. The third-order valence-electron chi connectivity index (χ3n) is 5.50. The van der Waals surface area contributed by atoms with Crippen LogP contribution in [0, 0.1) is 0 Å². The summed E-state index contributed by atoms with van der Waals surface area (Å²) in [7, 11) is 0. The summed E-state index contributed by atoms with van der Waals surface area (Å²) in [6.07, 6.45) is 1.14. The van der Waals surface area contributed by atoms with Gasteiger partial charge in [0.2, 0.25) is 6.79 Å². The van der Waals surface area contributed by atoms with E-state index >= 15 is 0 Å². The highest BCUT2D eigenvalue weighted by Gasteiger charge is 2.27. The Morgan fingerprint density at radius 2 is 1.81 bits per heavy atom. The van der Waals surface area contributed by atoms with Crippen molar-refractivity contribution in [1.29, 1.82) is 0 Å². The molecule has 0 saturated carbocycles. The quantitative estimate of drug-likeness (QED) is 0.606. The number of fused-ring (bicyclic) bond motifs is 1. The van der Waals surface area contributed by atoms with E-state index in [4.69, 9.17) is 14.2 Å². The lowest BCUT2D eigenvalue weighted by Crippen LogP contribution is -2.52. The minimum atomic E-state index is -0.598. The monoisotopic (exact) mass is 433 g/mol. The molecule has 0 N–H and O–H groups in total. The Morgan fingerprint density at radius 3 is 2.56 bits per heavy atom. The Morgan fingerprint density at radius 1 is 0.969 bits per heavy atom. The average Bonchev–Trinajstić information content (AvgIpc) is 3.32. The molecule has 1 saturated heterocycles. The molecular weight excluding hydrogens is 410 g/mol. The van der Waals surface area contributed by atoms with Gasteiger partial charge >= 0.3 is 0 Å². The van der Waals surface area contributed by atoms with Crippen LogP contribution in [0.5, 0.6) is 17.2 Å². The molecule has 5 rings (SSSR count). The van der Waals surface area contributed by atoms with E-state index in [0.717, 1.165) is 17.2 Å². The molecule has 3 aromatic rings. The summed E-state index contributed by atoms with van der Waals surface area (Å²) in [4.78, 5) is 21.1. The molecule has 4 heterocycles. The summed E-state index contributed by atoms with van der Waals surface area (Å²) in [5.41, 5.74) is 1.52. The predicted molar refractivity (Wildman–Crippen MR) is 117 cm³/mol. The molecule has 9 heteroatoms. The minimum Gasteiger partial charge on any atom is -0.481 e. The minimum absolute atomic E-state index is 0.0427. The van der Waals surface area contributed by atoms with Crippen molar-refractivity contribution >= 4 is 11.7 Å². The number of benzene rings is 1. The van der Waals surface area contributed by atoms with Crippen molar-refractivity contribution in [2.75, 3.05) is 37.9 Å². The lowest BCUT2D eigenvalue weighted by molar-refractivity contribution is -0.138. The first-order chi connectivity index (χ1) is 15.7. The Hall–Kier alpha value is -3.88. The number of rotatable bonds is 5. The van der Waals surface area contributed by atoms with Crippen LogP contribution < -0.4 is 19.1 Å². The lowest BCUT2D eigenvalue weighted by Gasteiger charge is -2.36. The fraction of sp³-hybridized carbons (Fsp3) is 0.304. The number of anilines is 1. The maximum atomic E-state index is 12.9. The molecular formula is C23H23N5O4. The fourth-order valence-corrected chi connectivity index (χ4v) is 3.76. The van der Waals surface area contributed by atoms with Crippen LogP contribution in [0.1, 0.15) is 6.92 Å². The van der Waals surface area contributed by atoms with Gasteiger partial charge in [-0.25, -0.2) is 0 Å². The molecule has 164 valence electrons. The summed E-state index contributed by atoms with van der Waals surface area (Å²) in [5.74, 6) is 2.65. The van der Waals surface area contributed by atoms with Gasteiger partial charge in [-0.3, -0.25) is 9.78 Å². The smallest absolute Gasteiger partial charge is 0.263 e. The molecule has 1 unspecified atom stereocenters. The molecule has 2 aliphatic heterocycles. The fourth-order valence-electron chi connectivity index (χ4n) is 3.76. The van der Waals surface area contributed by atoms with Crippen LogP contribution in [0.2, 0.25) is 0 Å². The highest BCUT2D eigenvalue weighted by Crippen LogP contribution is 2.35. The van der Waals surface area contributed by atoms with Crippen LogP contribution in [-0.4, -0.2) is 65.1 Å². The highest BCUT2D eigenvalue weighted by atomic mass is 16.7. The zero-order valence-electron chi connectivity index (χ0n) is 17.7. The zero-order valence-corrected chi connectivity index (χ0v) is 17.7. The van der Waals surface area contributed by atoms with E-state index in [1.807, 2.05) is 35.2 Å². The van der Waals surface area contributed by atoms with Crippen LogP contribution in [-0.2, 0) is 4.79 Å². The van der Waals surface area contributed by atoms with E-state index in [9.17, 15) is 4.79 Å². The van der Waals surface area contributed by atoms with Gasteiger partial charge in [0.25, 0.3) is 5.91 Å². The molecule has 1 aromatic carbocycles. The maximum absolute atomic E-state index is 12.9. The van der Waals surface area contributed by atoms with E-state index in [1.165, 1.54) is 0 Å². The van der Waals surface area contributed by atoms with Crippen molar-refractivity contribution in [3.63, 3.8) is 0 Å². The molecule has 2 aromatic heterocycles. The van der Waals surface area contributed by atoms with E-state index < -0.39 is 6.10 Å². The van der Waals surface area contributed by atoms with Crippen molar-refractivity contribution in [3.05, 3.63) is 54.7 Å². The second-order valence-corrected chi connectivity index (χ2v) is 7.58. The summed E-state index contributed by atoms with van der Waals surface area (Å²) in [5, 5.41) is 8.66. The van der Waals surface area contributed by atoms with Gasteiger partial charge in [-0.15, -0.1) is 10.2 Å². The summed E-state index contributed by atoms with van der Waals surface area (Å²) in [6.45, 7) is 4.52. The summed E-state index contributed by atoms with van der Waals surface area (Å²) < 4.78 is 16.5. The molecule has 2 aliphatic rings. The van der Waals surface area contributed by atoms with E-state index in [0.29, 0.717) is 43.4 Å². The van der Waals surface area contributed by atoms with Crippen LogP contribution in [0.15, 0.2) is 54.7 Å². The first kappa shape index (κ1) is 20.0. The van der Waals surface area contributed by atoms with Crippen molar-refractivity contribution in [2.24, 2.45) is 0 Å². The van der Waals surface area contributed by atoms with Gasteiger partial charge in [-0.05, 0) is 43.3 Å². The standard InChI is InChI=1S/C23H23N5O4/c1-16(32-17-5-7-20-21(14-17)31-15-30-20)23(29)28-12-10-27(11-13-28)22-8-6-19(25-26-22)18-4-2-3-9-24-18/h2-9,14,16H,10-13,15H2,1H3. The van der Waals surface area contributed by atoms with Gasteiger partial charge in [0, 0.05) is 38.4 Å². The van der Waals surface area contributed by atoms with Gasteiger partial charge < -0.3 is 24.0 Å². The maximum Gasteiger partial charge on any atom is 0.263 e. The molecule has 1 fully saturated rings. The Balaban J connectivity index is 1.16. The molecule has 1 amide bonds. The molecule has 0 radical (unpaired) electrons. The van der Waals surface area contributed by atoms with Crippen LogP contribution >= 0.6 is 0 Å². The van der Waals surface area contributed by atoms with Crippen LogP contribution in [0.25, 0.3) is 11.4 Å².